The van der Waals surface area contributed by atoms with Crippen LogP contribution in [0, 0.1) is 0 Å². The lowest BCUT2D eigenvalue weighted by Crippen LogP contribution is -2.50. The molecule has 0 atom stereocenters. The predicted molar refractivity (Wildman–Crippen MR) is 114 cm³/mol. The Morgan fingerprint density at radius 1 is 1.23 bits per heavy atom. The fourth-order valence-electron chi connectivity index (χ4n) is 2.60. The van der Waals surface area contributed by atoms with E-state index in [0.717, 1.165) is 25.3 Å². The fraction of sp³-hybridized carbons (Fsp3) is 0.824. The Labute approximate surface area is 173 Å². The van der Waals surface area contributed by atoms with Crippen molar-refractivity contribution < 1.29 is 14.3 Å². The fourth-order valence-corrected chi connectivity index (χ4v) is 2.60. The number of carbonyl (C=O) groups is 2. The molecule has 3 N–H and O–H groups in total. The number of piperidine rings is 1. The molecule has 0 unspecified atom stereocenters. The van der Waals surface area contributed by atoms with Crippen LogP contribution in [0.3, 0.4) is 0 Å². The number of hydrogen-bond donors (Lipinski definition) is 3. The van der Waals surface area contributed by atoms with Crippen molar-refractivity contribution in [3.63, 3.8) is 0 Å². The lowest BCUT2D eigenvalue weighted by atomic mass is 10.1. The van der Waals surface area contributed by atoms with Gasteiger partial charge in [-0.1, -0.05) is 0 Å². The number of carbonyl (C=O) groups excluding carboxylic acids is 2. The van der Waals surface area contributed by atoms with E-state index in [1.54, 1.807) is 4.90 Å². The molecule has 1 rings (SSSR count). The Balaban J connectivity index is 0.00000625. The van der Waals surface area contributed by atoms with Crippen molar-refractivity contribution in [1.29, 1.82) is 0 Å². The van der Waals surface area contributed by atoms with Crippen LogP contribution in [-0.2, 0) is 9.53 Å². The van der Waals surface area contributed by atoms with Gasteiger partial charge in [-0.15, -0.1) is 24.0 Å². The molecule has 0 bridgehead atoms. The zero-order chi connectivity index (χ0) is 18.7. The number of aliphatic imine (C=N–C) groups is 1. The molecule has 0 saturated carbocycles. The van der Waals surface area contributed by atoms with E-state index in [0.29, 0.717) is 32.7 Å². The Kier molecular flexibility index (Phi) is 13.2. The zero-order valence-corrected chi connectivity index (χ0v) is 18.7. The van der Waals surface area contributed by atoms with E-state index < -0.39 is 0 Å². The van der Waals surface area contributed by atoms with Crippen LogP contribution in [0.2, 0.25) is 0 Å². The number of hydrogen-bond acceptors (Lipinski definition) is 4. The van der Waals surface area contributed by atoms with E-state index in [9.17, 15) is 9.59 Å². The second kappa shape index (κ2) is 13.9. The van der Waals surface area contributed by atoms with Crippen LogP contribution < -0.4 is 16.0 Å². The summed E-state index contributed by atoms with van der Waals surface area (Å²) in [5, 5.41) is 9.45. The first-order chi connectivity index (χ1) is 12.0. The number of nitrogens with zero attached hydrogens (tertiary/aromatic N) is 2. The van der Waals surface area contributed by atoms with Gasteiger partial charge in [0.2, 0.25) is 5.91 Å². The Morgan fingerprint density at radius 2 is 1.88 bits per heavy atom. The van der Waals surface area contributed by atoms with Crippen LogP contribution in [-0.4, -0.2) is 67.7 Å². The van der Waals surface area contributed by atoms with Gasteiger partial charge in [-0.3, -0.25) is 9.79 Å². The van der Waals surface area contributed by atoms with Gasteiger partial charge in [0.15, 0.2) is 5.96 Å². The maximum atomic E-state index is 11.7. The number of rotatable bonds is 7. The highest BCUT2D eigenvalue weighted by molar-refractivity contribution is 14.0. The van der Waals surface area contributed by atoms with Gasteiger partial charge in [0, 0.05) is 38.1 Å². The molecule has 0 radical (unpaired) electrons. The Bertz CT molecular complexity index is 452. The summed E-state index contributed by atoms with van der Waals surface area (Å²) in [7, 11) is 0. The molecule has 152 valence electrons. The number of amides is 2. The molecule has 1 aliphatic heterocycles. The standard InChI is InChI=1S/C17H33N5O3.HI/c1-5-18-16(19-10-7-15(23)20-13(3)4)21-14-8-11-22(12-9-14)17(24)25-6-2;/h13-14H,5-12H2,1-4H3,(H,20,23)(H2,18,19,21);1H. The van der Waals surface area contributed by atoms with Gasteiger partial charge in [0.05, 0.1) is 13.2 Å². The van der Waals surface area contributed by atoms with Gasteiger partial charge in [-0.05, 0) is 40.5 Å². The summed E-state index contributed by atoms with van der Waals surface area (Å²) in [4.78, 5) is 29.6. The quantitative estimate of drug-likeness (QED) is 0.291. The van der Waals surface area contributed by atoms with Crippen LogP contribution in [0.1, 0.15) is 47.0 Å². The maximum absolute atomic E-state index is 11.7. The first kappa shape index (κ1) is 24.7. The highest BCUT2D eigenvalue weighted by atomic mass is 127. The molecule has 0 aromatic carbocycles. The molecule has 2 amide bonds. The first-order valence-corrected chi connectivity index (χ1v) is 9.22. The van der Waals surface area contributed by atoms with Crippen molar-refractivity contribution in [3.05, 3.63) is 0 Å². The summed E-state index contributed by atoms with van der Waals surface area (Å²) in [5.41, 5.74) is 0. The molecular weight excluding hydrogens is 449 g/mol. The van der Waals surface area contributed by atoms with Gasteiger partial charge < -0.3 is 25.6 Å². The van der Waals surface area contributed by atoms with Crippen LogP contribution in [0.5, 0.6) is 0 Å². The topological polar surface area (TPSA) is 95.1 Å². The number of halogens is 1. The minimum absolute atomic E-state index is 0. The molecule has 0 aromatic rings. The molecule has 8 nitrogen and oxygen atoms in total. The first-order valence-electron chi connectivity index (χ1n) is 9.22. The minimum Gasteiger partial charge on any atom is -0.450 e. The van der Waals surface area contributed by atoms with Crippen LogP contribution in [0.25, 0.3) is 0 Å². The third-order valence-electron chi connectivity index (χ3n) is 3.76. The summed E-state index contributed by atoms with van der Waals surface area (Å²) >= 11 is 0. The van der Waals surface area contributed by atoms with Gasteiger partial charge in [-0.2, -0.15) is 0 Å². The second-order valence-electron chi connectivity index (χ2n) is 6.34. The van der Waals surface area contributed by atoms with Crippen molar-refractivity contribution in [2.24, 2.45) is 4.99 Å². The SMILES string of the molecule is CCNC(=NCCC(=O)NC(C)C)NC1CCN(C(=O)OCC)CC1.I. The zero-order valence-electron chi connectivity index (χ0n) is 16.3. The van der Waals surface area contributed by atoms with Crippen LogP contribution >= 0.6 is 24.0 Å². The van der Waals surface area contributed by atoms with Gasteiger partial charge in [-0.25, -0.2) is 4.79 Å². The van der Waals surface area contributed by atoms with Gasteiger partial charge in [0.1, 0.15) is 0 Å². The molecule has 0 aromatic heterocycles. The average molecular weight is 483 g/mol. The van der Waals surface area contributed by atoms with Crippen molar-refractivity contribution in [2.45, 2.75) is 59.0 Å². The minimum atomic E-state index is -0.238. The third-order valence-corrected chi connectivity index (χ3v) is 3.76. The molecule has 1 fully saturated rings. The van der Waals surface area contributed by atoms with E-state index >= 15 is 0 Å². The number of guanidine groups is 1. The smallest absolute Gasteiger partial charge is 0.409 e. The van der Waals surface area contributed by atoms with Crippen molar-refractivity contribution in [2.75, 3.05) is 32.8 Å². The monoisotopic (exact) mass is 483 g/mol. The van der Waals surface area contributed by atoms with E-state index in [1.807, 2.05) is 27.7 Å². The Morgan fingerprint density at radius 3 is 2.42 bits per heavy atom. The second-order valence-corrected chi connectivity index (χ2v) is 6.34. The maximum Gasteiger partial charge on any atom is 0.409 e. The summed E-state index contributed by atoms with van der Waals surface area (Å²) in [6, 6.07) is 0.403. The van der Waals surface area contributed by atoms with E-state index in [-0.39, 0.29) is 48.1 Å². The number of nitrogens with one attached hydrogen (secondary N) is 3. The highest BCUT2D eigenvalue weighted by Gasteiger charge is 2.24. The molecule has 1 heterocycles. The van der Waals surface area contributed by atoms with Crippen LogP contribution in [0.15, 0.2) is 4.99 Å². The lowest BCUT2D eigenvalue weighted by molar-refractivity contribution is -0.121. The van der Waals surface area contributed by atoms with E-state index in [1.165, 1.54) is 0 Å². The predicted octanol–water partition coefficient (Wildman–Crippen LogP) is 1.70. The summed E-state index contributed by atoms with van der Waals surface area (Å²) in [6.45, 7) is 10.6. The number of ether oxygens (including phenoxy) is 1. The molecule has 9 heteroatoms. The van der Waals surface area contributed by atoms with E-state index in [2.05, 4.69) is 20.9 Å². The van der Waals surface area contributed by atoms with Gasteiger partial charge in [0.25, 0.3) is 0 Å². The summed E-state index contributed by atoms with van der Waals surface area (Å²) < 4.78 is 5.03. The summed E-state index contributed by atoms with van der Waals surface area (Å²) in [5.74, 6) is 0.728. The number of likely N-dealkylation sites (tertiary alicyclic amines) is 1. The van der Waals surface area contributed by atoms with Crippen molar-refractivity contribution in [3.8, 4) is 0 Å². The lowest BCUT2D eigenvalue weighted by Gasteiger charge is -2.32. The average Bonchev–Trinajstić information content (AvgIpc) is 2.55. The molecule has 0 aliphatic carbocycles. The summed E-state index contributed by atoms with van der Waals surface area (Å²) in [6.07, 6.45) is 1.82. The molecule has 26 heavy (non-hydrogen) atoms. The molecule has 1 aliphatic rings. The van der Waals surface area contributed by atoms with Crippen molar-refractivity contribution >= 4 is 41.9 Å². The molecule has 0 spiro atoms. The van der Waals surface area contributed by atoms with Crippen LogP contribution in [0.4, 0.5) is 4.79 Å². The van der Waals surface area contributed by atoms with Crippen molar-refractivity contribution in [1.82, 2.24) is 20.9 Å². The molecule has 1 saturated heterocycles. The largest absolute Gasteiger partial charge is 0.450 e. The third kappa shape index (κ3) is 10.0. The Hall–Kier alpha value is -1.26. The van der Waals surface area contributed by atoms with Gasteiger partial charge >= 0.3 is 6.09 Å². The molecular formula is C17H34IN5O3. The van der Waals surface area contributed by atoms with E-state index in [4.69, 9.17) is 4.74 Å². The highest BCUT2D eigenvalue weighted by Crippen LogP contribution is 2.11. The normalized spacial score (nSPS) is 15.3.